The summed E-state index contributed by atoms with van der Waals surface area (Å²) in [6, 6.07) is 4.37. The van der Waals surface area contributed by atoms with Crippen LogP contribution in [-0.2, 0) is 0 Å². The zero-order valence-electron chi connectivity index (χ0n) is 10.9. The summed E-state index contributed by atoms with van der Waals surface area (Å²) in [6.07, 6.45) is 3.96. The summed E-state index contributed by atoms with van der Waals surface area (Å²) in [4.78, 5) is 11.8. The zero-order chi connectivity index (χ0) is 14.6. The van der Waals surface area contributed by atoms with Gasteiger partial charge in [-0.05, 0) is 25.0 Å². The van der Waals surface area contributed by atoms with Crippen molar-refractivity contribution >= 4 is 11.7 Å². The molecule has 0 saturated heterocycles. The number of hydrogen-bond donors (Lipinski definition) is 2. The normalized spacial score (nSPS) is 17.1. The van der Waals surface area contributed by atoms with E-state index in [1.165, 1.54) is 0 Å². The highest BCUT2D eigenvalue weighted by atomic mass is 19.1. The maximum absolute atomic E-state index is 13.4. The fourth-order valence-electron chi connectivity index (χ4n) is 2.38. The Kier molecular flexibility index (Phi) is 4.18. The maximum Gasteiger partial charge on any atom is 0.320 e. The molecule has 20 heavy (non-hydrogen) atoms. The number of benzene rings is 1. The predicted molar refractivity (Wildman–Crippen MR) is 69.9 cm³/mol. The summed E-state index contributed by atoms with van der Waals surface area (Å²) in [6.45, 7) is 0. The minimum Gasteiger partial charge on any atom is -0.319 e. The van der Waals surface area contributed by atoms with Crippen molar-refractivity contribution in [3.63, 3.8) is 0 Å². The van der Waals surface area contributed by atoms with Gasteiger partial charge < -0.3 is 10.6 Å². The molecule has 0 radical (unpaired) electrons. The van der Waals surface area contributed by atoms with Crippen molar-refractivity contribution in [2.75, 3.05) is 5.32 Å². The molecular weight excluding hydrogens is 264 g/mol. The summed E-state index contributed by atoms with van der Waals surface area (Å²) in [5.74, 6) is -1.57. The molecule has 0 spiro atoms. The Morgan fingerprint density at radius 1 is 1.25 bits per heavy atom. The Hall–Kier alpha value is -2.16. The van der Waals surface area contributed by atoms with Crippen molar-refractivity contribution in [1.29, 1.82) is 5.26 Å². The van der Waals surface area contributed by atoms with Crippen molar-refractivity contribution in [2.24, 2.45) is 0 Å². The first-order valence-electron chi connectivity index (χ1n) is 6.50. The van der Waals surface area contributed by atoms with Crippen LogP contribution in [0, 0.1) is 23.0 Å². The number of rotatable bonds is 2. The number of nitrogens with one attached hydrogen (secondary N) is 2. The van der Waals surface area contributed by atoms with Crippen LogP contribution in [0.4, 0.5) is 19.3 Å². The molecule has 1 aliphatic carbocycles. The quantitative estimate of drug-likeness (QED) is 0.872. The third kappa shape index (κ3) is 3.23. The van der Waals surface area contributed by atoms with Crippen molar-refractivity contribution in [2.45, 2.75) is 37.6 Å². The average Bonchev–Trinajstić information content (AvgIpc) is 2.43. The van der Waals surface area contributed by atoms with E-state index in [1.807, 2.05) is 0 Å². The number of urea groups is 1. The summed E-state index contributed by atoms with van der Waals surface area (Å²) < 4.78 is 26.2. The van der Waals surface area contributed by atoms with Crippen molar-refractivity contribution in [3.8, 4) is 6.07 Å². The SMILES string of the molecule is N#CC1(NC(=O)Nc2ccc(F)cc2F)CCCCC1. The Bertz CT molecular complexity index is 548. The molecule has 2 rings (SSSR count). The molecule has 2 amide bonds. The number of nitrogens with zero attached hydrogens (tertiary/aromatic N) is 1. The number of halogens is 2. The average molecular weight is 279 g/mol. The lowest BCUT2D eigenvalue weighted by Gasteiger charge is -2.31. The number of nitriles is 1. The highest BCUT2D eigenvalue weighted by Gasteiger charge is 2.33. The largest absolute Gasteiger partial charge is 0.320 e. The van der Waals surface area contributed by atoms with E-state index in [-0.39, 0.29) is 5.69 Å². The molecule has 0 aromatic heterocycles. The van der Waals surface area contributed by atoms with E-state index in [2.05, 4.69) is 16.7 Å². The number of carbonyl (C=O) groups excluding carboxylic acids is 1. The van der Waals surface area contributed by atoms with Crippen LogP contribution in [0.15, 0.2) is 18.2 Å². The van der Waals surface area contributed by atoms with Gasteiger partial charge >= 0.3 is 6.03 Å². The van der Waals surface area contributed by atoms with E-state index in [1.54, 1.807) is 0 Å². The molecule has 0 heterocycles. The first-order chi connectivity index (χ1) is 9.54. The van der Waals surface area contributed by atoms with Gasteiger partial charge in [-0.15, -0.1) is 0 Å². The smallest absolute Gasteiger partial charge is 0.319 e. The van der Waals surface area contributed by atoms with E-state index in [9.17, 15) is 18.8 Å². The number of amides is 2. The second-order valence-corrected chi connectivity index (χ2v) is 4.96. The van der Waals surface area contributed by atoms with Crippen LogP contribution in [0.1, 0.15) is 32.1 Å². The van der Waals surface area contributed by atoms with Gasteiger partial charge in [0.25, 0.3) is 0 Å². The van der Waals surface area contributed by atoms with E-state index in [0.29, 0.717) is 18.9 Å². The van der Waals surface area contributed by atoms with E-state index in [4.69, 9.17) is 0 Å². The number of hydrogen-bond acceptors (Lipinski definition) is 2. The minimum atomic E-state index is -0.890. The lowest BCUT2D eigenvalue weighted by Crippen LogP contribution is -2.50. The Balaban J connectivity index is 2.03. The predicted octanol–water partition coefficient (Wildman–Crippen LogP) is 3.31. The third-order valence-corrected chi connectivity index (χ3v) is 3.45. The molecule has 0 atom stereocenters. The van der Waals surface area contributed by atoms with Crippen LogP contribution in [-0.4, -0.2) is 11.6 Å². The molecule has 2 N–H and O–H groups in total. The molecule has 6 heteroatoms. The fraction of sp³-hybridized carbons (Fsp3) is 0.429. The van der Waals surface area contributed by atoms with Gasteiger partial charge in [0.1, 0.15) is 17.2 Å². The van der Waals surface area contributed by atoms with Crippen molar-refractivity contribution < 1.29 is 13.6 Å². The molecule has 1 aliphatic rings. The molecule has 1 saturated carbocycles. The second kappa shape index (κ2) is 5.87. The summed E-state index contributed by atoms with van der Waals surface area (Å²) in [7, 11) is 0. The number of anilines is 1. The first kappa shape index (κ1) is 14.3. The van der Waals surface area contributed by atoms with Gasteiger partial charge in [-0.2, -0.15) is 5.26 Å². The first-order valence-corrected chi connectivity index (χ1v) is 6.50. The van der Waals surface area contributed by atoms with Crippen molar-refractivity contribution in [1.82, 2.24) is 5.32 Å². The molecular formula is C14H15F2N3O. The molecule has 106 valence electrons. The number of carbonyl (C=O) groups is 1. The van der Waals surface area contributed by atoms with Gasteiger partial charge in [0.2, 0.25) is 0 Å². The summed E-state index contributed by atoms with van der Waals surface area (Å²) in [5.41, 5.74) is -1.01. The fourth-order valence-corrected chi connectivity index (χ4v) is 2.38. The third-order valence-electron chi connectivity index (χ3n) is 3.45. The standard InChI is InChI=1S/C14H15F2N3O/c15-10-4-5-12(11(16)8-10)18-13(20)19-14(9-17)6-2-1-3-7-14/h4-5,8H,1-3,6-7H2,(H2,18,19,20). The van der Waals surface area contributed by atoms with Crippen molar-refractivity contribution in [3.05, 3.63) is 29.8 Å². The molecule has 1 fully saturated rings. The van der Waals surface area contributed by atoms with Crippen LogP contribution in [0.2, 0.25) is 0 Å². The van der Waals surface area contributed by atoms with Crippen LogP contribution in [0.3, 0.4) is 0 Å². The Morgan fingerprint density at radius 2 is 1.95 bits per heavy atom. The Labute approximate surface area is 115 Å². The summed E-state index contributed by atoms with van der Waals surface area (Å²) >= 11 is 0. The van der Waals surface area contributed by atoms with Gasteiger partial charge in [0, 0.05) is 6.07 Å². The lowest BCUT2D eigenvalue weighted by molar-refractivity contribution is 0.233. The van der Waals surface area contributed by atoms with Gasteiger partial charge in [0.15, 0.2) is 0 Å². The zero-order valence-corrected chi connectivity index (χ0v) is 10.9. The molecule has 0 bridgehead atoms. The Morgan fingerprint density at radius 3 is 2.55 bits per heavy atom. The molecule has 0 aliphatic heterocycles. The lowest BCUT2D eigenvalue weighted by atomic mass is 9.83. The van der Waals surface area contributed by atoms with E-state index >= 15 is 0 Å². The highest BCUT2D eigenvalue weighted by molar-refractivity contribution is 5.90. The van der Waals surface area contributed by atoms with Gasteiger partial charge in [-0.1, -0.05) is 19.3 Å². The highest BCUT2D eigenvalue weighted by Crippen LogP contribution is 2.27. The van der Waals surface area contributed by atoms with Crippen LogP contribution in [0.5, 0.6) is 0 Å². The van der Waals surface area contributed by atoms with E-state index in [0.717, 1.165) is 31.4 Å². The van der Waals surface area contributed by atoms with E-state index < -0.39 is 23.2 Å². The van der Waals surface area contributed by atoms with Gasteiger partial charge in [-0.3, -0.25) is 0 Å². The maximum atomic E-state index is 13.4. The van der Waals surface area contributed by atoms with Crippen LogP contribution >= 0.6 is 0 Å². The molecule has 4 nitrogen and oxygen atoms in total. The molecule has 1 aromatic carbocycles. The van der Waals surface area contributed by atoms with Crippen LogP contribution in [0.25, 0.3) is 0 Å². The van der Waals surface area contributed by atoms with Gasteiger partial charge in [0.05, 0.1) is 11.8 Å². The topological polar surface area (TPSA) is 64.9 Å². The molecule has 1 aromatic rings. The molecule has 0 unspecified atom stereocenters. The minimum absolute atomic E-state index is 0.118. The summed E-state index contributed by atoms with van der Waals surface area (Å²) in [5, 5.41) is 14.1. The van der Waals surface area contributed by atoms with Crippen LogP contribution < -0.4 is 10.6 Å². The van der Waals surface area contributed by atoms with Gasteiger partial charge in [-0.25, -0.2) is 13.6 Å². The second-order valence-electron chi connectivity index (χ2n) is 4.96. The monoisotopic (exact) mass is 279 g/mol.